The van der Waals surface area contributed by atoms with Crippen molar-refractivity contribution in [3.8, 4) is 5.75 Å². The fourth-order valence-electron chi connectivity index (χ4n) is 3.12. The number of thiophene rings is 1. The molecule has 0 bridgehead atoms. The Morgan fingerprint density at radius 1 is 1.32 bits per heavy atom. The van der Waals surface area contributed by atoms with Crippen LogP contribution in [0.1, 0.15) is 15.8 Å². The zero-order valence-electron chi connectivity index (χ0n) is 16.6. The van der Waals surface area contributed by atoms with E-state index in [1.807, 2.05) is 23.5 Å². The molecule has 1 aliphatic heterocycles. The molecule has 0 spiro atoms. The van der Waals surface area contributed by atoms with E-state index in [0.717, 1.165) is 44.6 Å². The molecule has 2 aromatic heterocycles. The van der Waals surface area contributed by atoms with Gasteiger partial charge in [0, 0.05) is 42.6 Å². The Balaban J connectivity index is 1.49. The summed E-state index contributed by atoms with van der Waals surface area (Å²) in [4.78, 5) is 13.6. The van der Waals surface area contributed by atoms with Crippen LogP contribution in [0.2, 0.25) is 0 Å². The van der Waals surface area contributed by atoms with Gasteiger partial charge >= 0.3 is 0 Å². The van der Waals surface area contributed by atoms with Crippen LogP contribution in [0.3, 0.4) is 0 Å². The van der Waals surface area contributed by atoms with Gasteiger partial charge in [-0.05, 0) is 31.2 Å². The van der Waals surface area contributed by atoms with Gasteiger partial charge in [0.25, 0.3) is 0 Å². The molecule has 3 heterocycles. The highest BCUT2D eigenvalue weighted by Gasteiger charge is 2.24. The van der Waals surface area contributed by atoms with Crippen molar-refractivity contribution in [2.75, 3.05) is 53.0 Å². The number of aliphatic imine (C=N–C) groups is 1. The van der Waals surface area contributed by atoms with Crippen molar-refractivity contribution >= 4 is 17.3 Å². The van der Waals surface area contributed by atoms with Gasteiger partial charge in [0.05, 0.1) is 32.0 Å². The summed E-state index contributed by atoms with van der Waals surface area (Å²) in [5.74, 6) is 1.55. The summed E-state index contributed by atoms with van der Waals surface area (Å²) >= 11 is 1.86. The molecule has 1 saturated heterocycles. The molecule has 152 valence electrons. The highest BCUT2D eigenvalue weighted by Crippen LogP contribution is 2.27. The van der Waals surface area contributed by atoms with Crippen LogP contribution in [0.5, 0.6) is 5.75 Å². The summed E-state index contributed by atoms with van der Waals surface area (Å²) in [5.41, 5.74) is 0. The molecule has 0 amide bonds. The van der Waals surface area contributed by atoms with E-state index in [0.29, 0.717) is 19.2 Å². The predicted octanol–water partition coefficient (Wildman–Crippen LogP) is 2.07. The van der Waals surface area contributed by atoms with Crippen molar-refractivity contribution in [3.05, 3.63) is 46.4 Å². The first kappa shape index (κ1) is 20.6. The van der Waals surface area contributed by atoms with Crippen molar-refractivity contribution in [3.63, 3.8) is 0 Å². The molecule has 1 aliphatic rings. The lowest BCUT2D eigenvalue weighted by molar-refractivity contribution is 0.0177. The van der Waals surface area contributed by atoms with Crippen LogP contribution in [0, 0.1) is 6.92 Å². The average molecular weight is 404 g/mol. The van der Waals surface area contributed by atoms with E-state index in [9.17, 15) is 0 Å². The summed E-state index contributed by atoms with van der Waals surface area (Å²) in [6.07, 6.45) is 3.44. The van der Waals surface area contributed by atoms with Gasteiger partial charge in [-0.25, -0.2) is 0 Å². The molecule has 1 fully saturated rings. The third-order valence-electron chi connectivity index (χ3n) is 4.56. The monoisotopic (exact) mass is 403 g/mol. The summed E-state index contributed by atoms with van der Waals surface area (Å²) in [7, 11) is 1.79. The van der Waals surface area contributed by atoms with Crippen molar-refractivity contribution in [2.45, 2.75) is 13.0 Å². The van der Waals surface area contributed by atoms with Crippen LogP contribution in [-0.4, -0.2) is 68.9 Å². The topological polar surface area (TPSA) is 71.0 Å². The van der Waals surface area contributed by atoms with Crippen LogP contribution in [0.15, 0.2) is 41.7 Å². The Morgan fingerprint density at radius 3 is 2.86 bits per heavy atom. The molecule has 3 rings (SSSR count). The van der Waals surface area contributed by atoms with Gasteiger partial charge in [0.1, 0.15) is 12.4 Å². The van der Waals surface area contributed by atoms with E-state index in [-0.39, 0.29) is 0 Å². The Morgan fingerprint density at radius 2 is 2.18 bits per heavy atom. The normalized spacial score (nSPS) is 16.6. The first-order chi connectivity index (χ1) is 13.8. The summed E-state index contributed by atoms with van der Waals surface area (Å²) in [5, 5.41) is 6.78. The van der Waals surface area contributed by atoms with Gasteiger partial charge in [0.2, 0.25) is 0 Å². The molecule has 7 nitrogen and oxygen atoms in total. The number of rotatable bonds is 8. The predicted molar refractivity (Wildman–Crippen MR) is 113 cm³/mol. The maximum atomic E-state index is 5.67. The fraction of sp³-hybridized carbons (Fsp3) is 0.500. The van der Waals surface area contributed by atoms with Crippen LogP contribution in [-0.2, 0) is 4.74 Å². The number of guanidine groups is 1. The molecular formula is C20H29N5O2S. The summed E-state index contributed by atoms with van der Waals surface area (Å²) in [6.45, 7) is 7.64. The molecule has 1 atom stereocenters. The second-order valence-electron chi connectivity index (χ2n) is 6.53. The van der Waals surface area contributed by atoms with E-state index < -0.39 is 0 Å². The minimum Gasteiger partial charge on any atom is -0.490 e. The van der Waals surface area contributed by atoms with E-state index in [2.05, 4.69) is 44.6 Å². The number of hydrogen-bond donors (Lipinski definition) is 2. The standard InChI is InChI=1S/C20H29N5O2S/c1-16-5-6-19(28-16)18(25-9-12-26-13-10-25)15-24-20(21-2)23-8-11-27-17-4-3-7-22-14-17/h3-7,14,18H,8-13,15H2,1-2H3,(H2,21,23,24). The number of nitrogens with one attached hydrogen (secondary N) is 2. The van der Waals surface area contributed by atoms with E-state index >= 15 is 0 Å². The zero-order valence-corrected chi connectivity index (χ0v) is 17.4. The van der Waals surface area contributed by atoms with Crippen LogP contribution in [0.4, 0.5) is 0 Å². The van der Waals surface area contributed by atoms with Crippen molar-refractivity contribution in [1.82, 2.24) is 20.5 Å². The second-order valence-corrected chi connectivity index (χ2v) is 7.85. The number of morpholine rings is 1. The van der Waals surface area contributed by atoms with Crippen molar-refractivity contribution in [1.29, 1.82) is 0 Å². The molecule has 2 aromatic rings. The molecular weight excluding hydrogens is 374 g/mol. The summed E-state index contributed by atoms with van der Waals surface area (Å²) in [6, 6.07) is 8.50. The number of aryl methyl sites for hydroxylation is 1. The fourth-order valence-corrected chi connectivity index (χ4v) is 4.13. The van der Waals surface area contributed by atoms with Gasteiger partial charge in [-0.3, -0.25) is 14.9 Å². The number of aromatic nitrogens is 1. The van der Waals surface area contributed by atoms with E-state index in [4.69, 9.17) is 9.47 Å². The Labute approximate surface area is 170 Å². The summed E-state index contributed by atoms with van der Waals surface area (Å²) < 4.78 is 11.2. The smallest absolute Gasteiger partial charge is 0.191 e. The van der Waals surface area contributed by atoms with Gasteiger partial charge in [-0.15, -0.1) is 11.3 Å². The van der Waals surface area contributed by atoms with Crippen LogP contribution in [0.25, 0.3) is 0 Å². The van der Waals surface area contributed by atoms with Crippen LogP contribution < -0.4 is 15.4 Å². The molecule has 0 saturated carbocycles. The molecule has 0 radical (unpaired) electrons. The lowest BCUT2D eigenvalue weighted by Gasteiger charge is -2.34. The zero-order chi connectivity index (χ0) is 19.6. The molecule has 28 heavy (non-hydrogen) atoms. The third kappa shape index (κ3) is 6.19. The number of ether oxygens (including phenoxy) is 2. The van der Waals surface area contributed by atoms with Gasteiger partial charge < -0.3 is 20.1 Å². The molecule has 8 heteroatoms. The number of hydrogen-bond acceptors (Lipinski definition) is 6. The van der Waals surface area contributed by atoms with Crippen LogP contribution >= 0.6 is 11.3 Å². The Kier molecular flexibility index (Phi) is 8.07. The Bertz CT molecular complexity index is 731. The maximum absolute atomic E-state index is 5.67. The molecule has 0 aromatic carbocycles. The van der Waals surface area contributed by atoms with E-state index in [1.165, 1.54) is 9.75 Å². The lowest BCUT2D eigenvalue weighted by Crippen LogP contribution is -2.46. The highest BCUT2D eigenvalue weighted by molar-refractivity contribution is 7.12. The molecule has 1 unspecified atom stereocenters. The molecule has 0 aliphatic carbocycles. The van der Waals surface area contributed by atoms with Gasteiger partial charge in [-0.1, -0.05) is 0 Å². The van der Waals surface area contributed by atoms with Gasteiger partial charge in [-0.2, -0.15) is 0 Å². The largest absolute Gasteiger partial charge is 0.490 e. The number of nitrogens with zero attached hydrogens (tertiary/aromatic N) is 3. The Hall–Kier alpha value is -2.16. The second kappa shape index (κ2) is 11.0. The van der Waals surface area contributed by atoms with Gasteiger partial charge in [0.15, 0.2) is 5.96 Å². The first-order valence-electron chi connectivity index (χ1n) is 9.62. The highest BCUT2D eigenvalue weighted by atomic mass is 32.1. The maximum Gasteiger partial charge on any atom is 0.191 e. The number of pyridine rings is 1. The first-order valence-corrected chi connectivity index (χ1v) is 10.4. The van der Waals surface area contributed by atoms with E-state index in [1.54, 1.807) is 19.4 Å². The minimum absolute atomic E-state index is 0.313. The lowest BCUT2D eigenvalue weighted by atomic mass is 10.2. The SMILES string of the molecule is CN=C(NCCOc1cccnc1)NCC(c1ccc(C)s1)N1CCOCC1. The van der Waals surface area contributed by atoms with Crippen molar-refractivity contribution in [2.24, 2.45) is 4.99 Å². The molecule has 2 N–H and O–H groups in total. The van der Waals surface area contributed by atoms with Crippen molar-refractivity contribution < 1.29 is 9.47 Å². The minimum atomic E-state index is 0.313. The quantitative estimate of drug-likeness (QED) is 0.399. The average Bonchev–Trinajstić information content (AvgIpc) is 3.17. The third-order valence-corrected chi connectivity index (χ3v) is 5.66.